The van der Waals surface area contributed by atoms with E-state index in [1.54, 1.807) is 0 Å². The van der Waals surface area contributed by atoms with E-state index in [0.29, 0.717) is 6.54 Å². The van der Waals surface area contributed by atoms with Crippen molar-refractivity contribution in [2.45, 2.75) is 18.2 Å². The molecule has 4 N–H and O–H groups in total. The summed E-state index contributed by atoms with van der Waals surface area (Å²) in [4.78, 5) is 0. The fourth-order valence-electron chi connectivity index (χ4n) is 0.954. The molecule has 0 aliphatic carbocycles. The predicted molar refractivity (Wildman–Crippen MR) is 38.1 cm³/mol. The average Bonchev–Trinajstić information content (AvgIpc) is 2.15. The Labute approximate surface area is 65.3 Å². The molecule has 1 heterocycles. The van der Waals surface area contributed by atoms with Crippen LogP contribution in [-0.2, 0) is 0 Å². The maximum absolute atomic E-state index is 8.98. The van der Waals surface area contributed by atoms with Crippen molar-refractivity contribution < 1.29 is 15.3 Å². The minimum atomic E-state index is -0.810. The zero-order valence-electron chi connectivity index (χ0n) is 5.40. The third kappa shape index (κ3) is 1.81. The molecule has 1 fully saturated rings. The van der Waals surface area contributed by atoms with Crippen molar-refractivity contribution in [1.82, 2.24) is 5.32 Å². The monoisotopic (exact) mass is 169 g/mol. The summed E-state index contributed by atoms with van der Waals surface area (Å²) >= 11 is 0. The number of hydrogen-bond donors (Lipinski definition) is 4. The van der Waals surface area contributed by atoms with E-state index in [4.69, 9.17) is 15.3 Å². The molecular weight excluding hydrogens is 158 g/mol. The first-order valence-corrected chi connectivity index (χ1v) is 2.96. The lowest BCUT2D eigenvalue weighted by atomic mass is 10.1. The summed E-state index contributed by atoms with van der Waals surface area (Å²) in [7, 11) is 0. The highest BCUT2D eigenvalue weighted by Gasteiger charge is 2.31. The molecule has 62 valence electrons. The molecule has 0 bridgehead atoms. The van der Waals surface area contributed by atoms with E-state index in [-0.39, 0.29) is 25.1 Å². The number of rotatable bonds is 1. The second-order valence-electron chi connectivity index (χ2n) is 2.26. The second-order valence-corrected chi connectivity index (χ2v) is 2.26. The Morgan fingerprint density at radius 2 is 2.00 bits per heavy atom. The van der Waals surface area contributed by atoms with Crippen LogP contribution in [0.3, 0.4) is 0 Å². The number of aliphatic hydroxyl groups is 3. The summed E-state index contributed by atoms with van der Waals surface area (Å²) in [5.41, 5.74) is 0. The van der Waals surface area contributed by atoms with Gasteiger partial charge in [-0.3, -0.25) is 0 Å². The van der Waals surface area contributed by atoms with Crippen LogP contribution in [0.1, 0.15) is 0 Å². The first-order valence-electron chi connectivity index (χ1n) is 2.96. The molecule has 1 saturated heterocycles. The van der Waals surface area contributed by atoms with Crippen molar-refractivity contribution in [1.29, 1.82) is 0 Å². The lowest BCUT2D eigenvalue weighted by Crippen LogP contribution is -2.35. The molecule has 0 aromatic rings. The highest BCUT2D eigenvalue weighted by molar-refractivity contribution is 5.85. The highest BCUT2D eigenvalue weighted by atomic mass is 35.5. The first-order chi connectivity index (χ1) is 4.25. The van der Waals surface area contributed by atoms with E-state index in [1.807, 2.05) is 0 Å². The van der Waals surface area contributed by atoms with Gasteiger partial charge >= 0.3 is 0 Å². The summed E-state index contributed by atoms with van der Waals surface area (Å²) < 4.78 is 0. The van der Waals surface area contributed by atoms with Crippen molar-refractivity contribution in [2.75, 3.05) is 13.2 Å². The zero-order chi connectivity index (χ0) is 6.85. The lowest BCUT2D eigenvalue weighted by molar-refractivity contribution is 0.0295. The molecule has 0 saturated carbocycles. The molecule has 0 spiro atoms. The first kappa shape index (κ1) is 10.1. The fourth-order valence-corrected chi connectivity index (χ4v) is 0.954. The topological polar surface area (TPSA) is 72.7 Å². The SMILES string of the molecule is Cl.OC[C@H]1NC[C@@H](O)[C@@H]1O. The Morgan fingerprint density at radius 3 is 2.20 bits per heavy atom. The third-order valence-corrected chi connectivity index (χ3v) is 1.59. The molecule has 3 atom stereocenters. The van der Waals surface area contributed by atoms with E-state index < -0.39 is 12.2 Å². The van der Waals surface area contributed by atoms with Gasteiger partial charge in [0.2, 0.25) is 0 Å². The van der Waals surface area contributed by atoms with E-state index in [0.717, 1.165) is 0 Å². The minimum absolute atomic E-state index is 0. The number of halogens is 1. The van der Waals surface area contributed by atoms with Gasteiger partial charge in [-0.15, -0.1) is 12.4 Å². The largest absolute Gasteiger partial charge is 0.395 e. The van der Waals surface area contributed by atoms with Crippen molar-refractivity contribution in [3.05, 3.63) is 0 Å². The Balaban J connectivity index is 0.000000810. The van der Waals surface area contributed by atoms with Gasteiger partial charge < -0.3 is 20.6 Å². The molecule has 1 aliphatic rings. The second kappa shape index (κ2) is 4.10. The molecule has 0 aromatic carbocycles. The Kier molecular flexibility index (Phi) is 4.15. The Morgan fingerprint density at radius 1 is 1.40 bits per heavy atom. The van der Waals surface area contributed by atoms with E-state index >= 15 is 0 Å². The van der Waals surface area contributed by atoms with Crippen LogP contribution in [0.15, 0.2) is 0 Å². The molecule has 1 aliphatic heterocycles. The van der Waals surface area contributed by atoms with Gasteiger partial charge in [0.25, 0.3) is 0 Å². The van der Waals surface area contributed by atoms with E-state index in [2.05, 4.69) is 5.32 Å². The van der Waals surface area contributed by atoms with Gasteiger partial charge in [-0.1, -0.05) is 0 Å². The van der Waals surface area contributed by atoms with Gasteiger partial charge in [-0.05, 0) is 0 Å². The molecule has 5 heteroatoms. The fraction of sp³-hybridized carbons (Fsp3) is 1.00. The highest BCUT2D eigenvalue weighted by Crippen LogP contribution is 2.05. The van der Waals surface area contributed by atoms with Crippen LogP contribution in [0.5, 0.6) is 0 Å². The molecule has 10 heavy (non-hydrogen) atoms. The smallest absolute Gasteiger partial charge is 0.0986 e. The van der Waals surface area contributed by atoms with Gasteiger partial charge in [0.1, 0.15) is 0 Å². The molecule has 1 rings (SSSR count). The van der Waals surface area contributed by atoms with Crippen LogP contribution in [-0.4, -0.2) is 46.7 Å². The van der Waals surface area contributed by atoms with Gasteiger partial charge in [0.05, 0.1) is 24.9 Å². The third-order valence-electron chi connectivity index (χ3n) is 1.59. The number of aliphatic hydroxyl groups excluding tert-OH is 3. The maximum atomic E-state index is 8.98. The van der Waals surface area contributed by atoms with E-state index in [1.165, 1.54) is 0 Å². The maximum Gasteiger partial charge on any atom is 0.0986 e. The van der Waals surface area contributed by atoms with Crippen LogP contribution >= 0.6 is 12.4 Å². The number of β-amino-alcohol motifs (C(OH)–C–C–N with tert-alkyl or cyclic N) is 1. The minimum Gasteiger partial charge on any atom is -0.395 e. The van der Waals surface area contributed by atoms with Gasteiger partial charge in [0, 0.05) is 6.54 Å². The Hall–Kier alpha value is 0.130. The van der Waals surface area contributed by atoms with Gasteiger partial charge in [-0.2, -0.15) is 0 Å². The van der Waals surface area contributed by atoms with Crippen LogP contribution in [0, 0.1) is 0 Å². The molecule has 4 nitrogen and oxygen atoms in total. The molecule has 0 radical (unpaired) electrons. The average molecular weight is 170 g/mol. The van der Waals surface area contributed by atoms with Crippen LogP contribution in [0.25, 0.3) is 0 Å². The molecule has 0 aromatic heterocycles. The zero-order valence-corrected chi connectivity index (χ0v) is 6.21. The van der Waals surface area contributed by atoms with Crippen LogP contribution in [0.4, 0.5) is 0 Å². The molecule has 0 unspecified atom stereocenters. The summed E-state index contributed by atoms with van der Waals surface area (Å²) in [6, 6.07) is -0.347. The number of nitrogens with one attached hydrogen (secondary N) is 1. The standard InChI is InChI=1S/C5H11NO3.ClH/c7-2-3-5(9)4(8)1-6-3;/h3-9H,1-2H2;1H/t3-,4-,5-;/m1./s1. The quantitative estimate of drug-likeness (QED) is 0.370. The number of hydrogen-bond acceptors (Lipinski definition) is 4. The van der Waals surface area contributed by atoms with Crippen molar-refractivity contribution >= 4 is 12.4 Å². The van der Waals surface area contributed by atoms with E-state index in [9.17, 15) is 0 Å². The van der Waals surface area contributed by atoms with Crippen molar-refractivity contribution in [2.24, 2.45) is 0 Å². The summed E-state index contributed by atoms with van der Waals surface area (Å²) in [5, 5.41) is 29.1. The van der Waals surface area contributed by atoms with Crippen molar-refractivity contribution in [3.63, 3.8) is 0 Å². The summed E-state index contributed by atoms with van der Waals surface area (Å²) in [5.74, 6) is 0. The summed E-state index contributed by atoms with van der Waals surface area (Å²) in [6.45, 7) is 0.241. The lowest BCUT2D eigenvalue weighted by Gasteiger charge is -2.11. The van der Waals surface area contributed by atoms with Gasteiger partial charge in [-0.25, -0.2) is 0 Å². The van der Waals surface area contributed by atoms with Gasteiger partial charge in [0.15, 0.2) is 0 Å². The molecule has 0 amide bonds. The van der Waals surface area contributed by atoms with Crippen LogP contribution < -0.4 is 5.32 Å². The van der Waals surface area contributed by atoms with Crippen molar-refractivity contribution in [3.8, 4) is 0 Å². The predicted octanol–water partition coefficient (Wildman–Crippen LogP) is -1.91. The normalized spacial score (nSPS) is 39.3. The Bertz CT molecular complexity index is 103. The van der Waals surface area contributed by atoms with Crippen LogP contribution in [0.2, 0.25) is 0 Å². The molecular formula is C5H12ClNO3. The summed E-state index contributed by atoms with van der Waals surface area (Å²) in [6.07, 6.45) is -1.53.